The first-order valence-corrected chi connectivity index (χ1v) is 15.0. The van der Waals surface area contributed by atoms with E-state index in [1.165, 1.54) is 0 Å². The van der Waals surface area contributed by atoms with Crippen LogP contribution >= 0.6 is 0 Å². The van der Waals surface area contributed by atoms with E-state index >= 15 is 0 Å². The number of likely N-dealkylation sites (N-methyl/N-ethyl adjacent to an activating group) is 1. The number of piperazine rings is 1. The zero-order valence-electron chi connectivity index (χ0n) is 25.1. The molecule has 0 aliphatic carbocycles. The first-order valence-electron chi connectivity index (χ1n) is 15.0. The third-order valence-corrected chi connectivity index (χ3v) is 9.19. The number of amides is 1. The van der Waals surface area contributed by atoms with Gasteiger partial charge in [-0.25, -0.2) is 9.37 Å². The summed E-state index contributed by atoms with van der Waals surface area (Å²) in [6, 6.07) is 10.4. The molecule has 3 atom stereocenters. The molecule has 10 heteroatoms. The fourth-order valence-corrected chi connectivity index (χ4v) is 7.09. The van der Waals surface area contributed by atoms with Crippen LogP contribution in [0.5, 0.6) is 5.88 Å². The van der Waals surface area contributed by atoms with Crippen molar-refractivity contribution in [2.75, 3.05) is 49.6 Å². The number of hydrogen-bond acceptors (Lipinski definition) is 8. The Hall–Kier alpha value is -4.23. The molecular formula is C33H38FN7O2. The van der Waals surface area contributed by atoms with Gasteiger partial charge >= 0.3 is 0 Å². The summed E-state index contributed by atoms with van der Waals surface area (Å²) < 4.78 is 20.3. The van der Waals surface area contributed by atoms with Crippen molar-refractivity contribution in [3.8, 4) is 11.9 Å². The zero-order valence-corrected chi connectivity index (χ0v) is 25.1. The molecule has 2 fully saturated rings. The van der Waals surface area contributed by atoms with Crippen LogP contribution in [0.15, 0.2) is 49.1 Å². The van der Waals surface area contributed by atoms with E-state index in [0.29, 0.717) is 44.1 Å². The third kappa shape index (κ3) is 5.38. The largest absolute Gasteiger partial charge is 0.475 e. The van der Waals surface area contributed by atoms with Crippen LogP contribution in [0, 0.1) is 11.3 Å². The van der Waals surface area contributed by atoms with Crippen LogP contribution in [0.4, 0.5) is 15.8 Å². The van der Waals surface area contributed by atoms with E-state index in [4.69, 9.17) is 9.72 Å². The van der Waals surface area contributed by atoms with E-state index in [1.807, 2.05) is 32.3 Å². The molecule has 5 heterocycles. The van der Waals surface area contributed by atoms with Gasteiger partial charge in [-0.3, -0.25) is 9.78 Å². The molecule has 9 nitrogen and oxygen atoms in total. The number of carbonyl (C=O) groups excluding carboxylic acids is 1. The maximum Gasteiger partial charge on any atom is 0.282 e. The van der Waals surface area contributed by atoms with E-state index in [2.05, 4.69) is 57.6 Å². The molecule has 3 aromatic rings. The second kappa shape index (κ2) is 11.8. The quantitative estimate of drug-likeness (QED) is 0.394. The Kier molecular flexibility index (Phi) is 7.93. The molecule has 2 saturated heterocycles. The van der Waals surface area contributed by atoms with Crippen molar-refractivity contribution in [3.05, 3.63) is 65.9 Å². The van der Waals surface area contributed by atoms with Crippen LogP contribution in [0.2, 0.25) is 0 Å². The molecule has 224 valence electrons. The highest BCUT2D eigenvalue weighted by atomic mass is 19.1. The maximum atomic E-state index is 13.9. The van der Waals surface area contributed by atoms with Crippen molar-refractivity contribution >= 4 is 28.1 Å². The highest BCUT2D eigenvalue weighted by Gasteiger charge is 2.38. The van der Waals surface area contributed by atoms with Crippen LogP contribution in [0.25, 0.3) is 10.8 Å². The average Bonchev–Trinajstić information content (AvgIpc) is 3.42. The minimum absolute atomic E-state index is 0.275. The molecule has 2 aromatic heterocycles. The standard InChI is InChI=1S/C33H38FN7O2/c1-21-17-40(18-22(2)41(21)33(42)23(3)34)31-27-11-14-39(30-9-5-7-24-16-36-12-10-26(24)30)19-29(27)37-32(28(31)15-35)43-20-25-8-6-13-38(25)4/h5,7,9-10,12,16,21-22,25H,3,6,8,11,13-14,17-20H2,1-2,4H3/t21-,22+,25-/m0/s1. The maximum absolute atomic E-state index is 13.9. The topological polar surface area (TPSA) is 88.8 Å². The van der Waals surface area contributed by atoms with Gasteiger partial charge in [0.25, 0.3) is 5.91 Å². The number of rotatable bonds is 6. The lowest BCUT2D eigenvalue weighted by Crippen LogP contribution is -2.59. The Morgan fingerprint density at radius 1 is 1.19 bits per heavy atom. The predicted molar refractivity (Wildman–Crippen MR) is 165 cm³/mol. The van der Waals surface area contributed by atoms with Crippen LogP contribution in [-0.2, 0) is 17.8 Å². The summed E-state index contributed by atoms with van der Waals surface area (Å²) in [5.41, 5.74) is 4.30. The number of halogens is 1. The first-order chi connectivity index (χ1) is 20.8. The highest BCUT2D eigenvalue weighted by Crippen LogP contribution is 2.40. The van der Waals surface area contributed by atoms with E-state index < -0.39 is 11.7 Å². The Balaban J connectivity index is 1.39. The molecule has 1 aromatic carbocycles. The van der Waals surface area contributed by atoms with Gasteiger partial charge in [-0.2, -0.15) is 5.26 Å². The van der Waals surface area contributed by atoms with E-state index in [1.54, 1.807) is 4.90 Å². The minimum atomic E-state index is -0.956. The summed E-state index contributed by atoms with van der Waals surface area (Å²) in [6.45, 7) is 10.8. The van der Waals surface area contributed by atoms with Gasteiger partial charge in [-0.05, 0) is 58.8 Å². The fourth-order valence-electron chi connectivity index (χ4n) is 7.09. The van der Waals surface area contributed by atoms with Crippen LogP contribution in [0.1, 0.15) is 43.5 Å². The van der Waals surface area contributed by atoms with E-state index in [-0.39, 0.29) is 18.1 Å². The summed E-state index contributed by atoms with van der Waals surface area (Å²) in [6.07, 6.45) is 6.56. The minimum Gasteiger partial charge on any atom is -0.475 e. The van der Waals surface area contributed by atoms with Crippen molar-refractivity contribution in [2.45, 2.75) is 57.8 Å². The Morgan fingerprint density at radius 2 is 1.98 bits per heavy atom. The molecule has 0 spiro atoms. The number of ether oxygens (including phenoxy) is 1. The lowest BCUT2D eigenvalue weighted by atomic mass is 9.96. The fraction of sp³-hybridized carbons (Fsp3) is 0.455. The number of hydrogen-bond donors (Lipinski definition) is 0. The summed E-state index contributed by atoms with van der Waals surface area (Å²) in [4.78, 5) is 30.3. The number of nitrogens with zero attached hydrogens (tertiary/aromatic N) is 7. The number of anilines is 2. The molecule has 3 aliphatic rings. The Labute approximate surface area is 252 Å². The number of fused-ring (bicyclic) bond motifs is 2. The SMILES string of the molecule is C=C(F)C(=O)N1[C@H](C)CN(c2c(C#N)c(OC[C@@H]3CCCN3C)nc3c2CCN(c2cccc4cnccc24)C3)C[C@@H]1C. The van der Waals surface area contributed by atoms with Gasteiger partial charge in [0.15, 0.2) is 5.83 Å². The average molecular weight is 584 g/mol. The number of carbonyl (C=O) groups is 1. The monoisotopic (exact) mass is 583 g/mol. The zero-order chi connectivity index (χ0) is 30.2. The summed E-state index contributed by atoms with van der Waals surface area (Å²) in [5, 5.41) is 12.7. The molecule has 0 N–H and O–H groups in total. The van der Waals surface area contributed by atoms with Crippen molar-refractivity contribution < 1.29 is 13.9 Å². The Morgan fingerprint density at radius 3 is 2.67 bits per heavy atom. The van der Waals surface area contributed by atoms with Gasteiger partial charge in [0.1, 0.15) is 18.2 Å². The number of pyridine rings is 2. The highest BCUT2D eigenvalue weighted by molar-refractivity contribution is 5.94. The van der Waals surface area contributed by atoms with Gasteiger partial charge < -0.3 is 24.3 Å². The van der Waals surface area contributed by atoms with Gasteiger partial charge in [0.2, 0.25) is 5.88 Å². The van der Waals surface area contributed by atoms with Gasteiger partial charge in [0.05, 0.1) is 17.9 Å². The summed E-state index contributed by atoms with van der Waals surface area (Å²) in [5.74, 6) is -1.28. The van der Waals surface area contributed by atoms with Crippen molar-refractivity contribution in [1.82, 2.24) is 19.8 Å². The van der Waals surface area contributed by atoms with Crippen LogP contribution < -0.4 is 14.5 Å². The lowest BCUT2D eigenvalue weighted by Gasteiger charge is -2.46. The molecule has 3 aliphatic heterocycles. The number of aromatic nitrogens is 2. The predicted octanol–water partition coefficient (Wildman–Crippen LogP) is 4.45. The molecular weight excluding hydrogens is 545 g/mol. The normalized spacial score (nSPS) is 22.4. The van der Waals surface area contributed by atoms with Crippen LogP contribution in [-0.4, -0.2) is 83.6 Å². The van der Waals surface area contributed by atoms with Crippen molar-refractivity contribution in [1.29, 1.82) is 5.26 Å². The second-order valence-electron chi connectivity index (χ2n) is 12.0. The smallest absolute Gasteiger partial charge is 0.282 e. The number of nitriles is 1. The molecule has 1 amide bonds. The number of benzene rings is 1. The van der Waals surface area contributed by atoms with Crippen molar-refractivity contribution in [3.63, 3.8) is 0 Å². The Bertz CT molecular complexity index is 1590. The molecule has 0 unspecified atom stereocenters. The second-order valence-corrected chi connectivity index (χ2v) is 12.0. The van der Waals surface area contributed by atoms with Gasteiger partial charge in [-0.15, -0.1) is 0 Å². The van der Waals surface area contributed by atoms with E-state index in [9.17, 15) is 14.4 Å². The molecule has 6 rings (SSSR count). The van der Waals surface area contributed by atoms with Crippen molar-refractivity contribution in [2.24, 2.45) is 0 Å². The van der Waals surface area contributed by atoms with Crippen LogP contribution in [0.3, 0.4) is 0 Å². The summed E-state index contributed by atoms with van der Waals surface area (Å²) >= 11 is 0. The van der Waals surface area contributed by atoms with Gasteiger partial charge in [0, 0.05) is 72.2 Å². The third-order valence-electron chi connectivity index (χ3n) is 9.19. The van der Waals surface area contributed by atoms with Gasteiger partial charge in [-0.1, -0.05) is 18.7 Å². The lowest BCUT2D eigenvalue weighted by molar-refractivity contribution is -0.133. The molecule has 0 saturated carbocycles. The number of likely N-dealkylation sites (tertiary alicyclic amines) is 1. The van der Waals surface area contributed by atoms with E-state index in [0.717, 1.165) is 59.3 Å². The molecule has 0 bridgehead atoms. The summed E-state index contributed by atoms with van der Waals surface area (Å²) in [7, 11) is 2.10. The molecule has 43 heavy (non-hydrogen) atoms. The first kappa shape index (κ1) is 28.9. The molecule has 0 radical (unpaired) electrons.